The van der Waals surface area contributed by atoms with Crippen LogP contribution in [-0.4, -0.2) is 55.3 Å². The maximum Gasteiger partial charge on any atom is 0.409 e. The summed E-state index contributed by atoms with van der Waals surface area (Å²) in [6, 6.07) is 0.967. The number of likely N-dealkylation sites (tertiary alicyclic amines) is 1. The minimum absolute atomic E-state index is 0. The number of aliphatic imine (C=N–C) groups is 1. The number of amides is 1. The van der Waals surface area contributed by atoms with E-state index in [0.717, 1.165) is 44.4 Å². The second kappa shape index (κ2) is 11.0. The molecule has 2 atom stereocenters. The molecule has 1 heterocycles. The molecule has 2 fully saturated rings. The number of hydrogen-bond acceptors (Lipinski definition) is 3. The highest BCUT2D eigenvalue weighted by Gasteiger charge is 2.37. The second-order valence-corrected chi connectivity index (χ2v) is 6.46. The summed E-state index contributed by atoms with van der Waals surface area (Å²) in [5.41, 5.74) is 0. The molecule has 0 bridgehead atoms. The molecule has 0 aromatic carbocycles. The van der Waals surface area contributed by atoms with E-state index in [0.29, 0.717) is 18.7 Å². The van der Waals surface area contributed by atoms with Crippen LogP contribution in [0.15, 0.2) is 4.99 Å². The van der Waals surface area contributed by atoms with Gasteiger partial charge in [0.15, 0.2) is 5.96 Å². The van der Waals surface area contributed by atoms with E-state index in [1.807, 2.05) is 6.92 Å². The minimum Gasteiger partial charge on any atom is -0.450 e. The Morgan fingerprint density at radius 1 is 1.21 bits per heavy atom. The first-order valence-corrected chi connectivity index (χ1v) is 9.17. The fourth-order valence-electron chi connectivity index (χ4n) is 3.20. The number of guanidine groups is 1. The van der Waals surface area contributed by atoms with E-state index in [4.69, 9.17) is 4.74 Å². The number of nitrogens with one attached hydrogen (secondary N) is 2. The van der Waals surface area contributed by atoms with Crippen molar-refractivity contribution in [3.63, 3.8) is 0 Å². The van der Waals surface area contributed by atoms with Gasteiger partial charge in [0.25, 0.3) is 0 Å². The van der Waals surface area contributed by atoms with Gasteiger partial charge in [-0.15, -0.1) is 24.0 Å². The molecule has 24 heavy (non-hydrogen) atoms. The average molecular weight is 452 g/mol. The van der Waals surface area contributed by atoms with E-state index in [1.165, 1.54) is 19.3 Å². The summed E-state index contributed by atoms with van der Waals surface area (Å²) in [7, 11) is 0. The topological polar surface area (TPSA) is 66.0 Å². The summed E-state index contributed by atoms with van der Waals surface area (Å²) in [6.07, 6.45) is 5.50. The zero-order chi connectivity index (χ0) is 16.7. The Balaban J connectivity index is 0.00000288. The number of carbonyl (C=O) groups excluding carboxylic acids is 1. The van der Waals surface area contributed by atoms with Gasteiger partial charge in [-0.3, -0.25) is 4.99 Å². The van der Waals surface area contributed by atoms with Gasteiger partial charge in [-0.05, 0) is 45.4 Å². The van der Waals surface area contributed by atoms with Crippen molar-refractivity contribution < 1.29 is 9.53 Å². The number of piperidine rings is 1. The number of nitrogens with zero attached hydrogens (tertiary/aromatic N) is 2. The zero-order valence-electron chi connectivity index (χ0n) is 15.2. The van der Waals surface area contributed by atoms with Gasteiger partial charge in [0.05, 0.1) is 6.61 Å². The lowest BCUT2D eigenvalue weighted by atomic mass is 10.1. The van der Waals surface area contributed by atoms with Crippen molar-refractivity contribution in [3.05, 3.63) is 0 Å². The highest BCUT2D eigenvalue weighted by atomic mass is 127. The first-order valence-electron chi connectivity index (χ1n) is 9.17. The molecule has 2 aliphatic rings. The maximum absolute atomic E-state index is 11.7. The average Bonchev–Trinajstić information content (AvgIpc) is 3.26. The fourth-order valence-corrected chi connectivity index (χ4v) is 3.20. The van der Waals surface area contributed by atoms with Gasteiger partial charge in [0.2, 0.25) is 0 Å². The van der Waals surface area contributed by atoms with Gasteiger partial charge in [-0.25, -0.2) is 4.79 Å². The predicted octanol–water partition coefficient (Wildman–Crippen LogP) is 2.97. The first kappa shape index (κ1) is 21.3. The van der Waals surface area contributed by atoms with Crippen LogP contribution in [0.25, 0.3) is 0 Å². The molecule has 2 unspecified atom stereocenters. The normalized spacial score (nSPS) is 24.1. The summed E-state index contributed by atoms with van der Waals surface area (Å²) in [5.74, 6) is 1.75. The van der Waals surface area contributed by atoms with Crippen molar-refractivity contribution in [2.75, 3.05) is 26.2 Å². The van der Waals surface area contributed by atoms with Crippen LogP contribution in [0.1, 0.15) is 52.9 Å². The zero-order valence-corrected chi connectivity index (χ0v) is 17.5. The van der Waals surface area contributed by atoms with Crippen LogP contribution in [0, 0.1) is 5.92 Å². The molecule has 0 radical (unpaired) electrons. The highest BCUT2D eigenvalue weighted by molar-refractivity contribution is 14.0. The predicted molar refractivity (Wildman–Crippen MR) is 108 cm³/mol. The Hall–Kier alpha value is -0.730. The first-order chi connectivity index (χ1) is 11.2. The minimum atomic E-state index is -0.188. The van der Waals surface area contributed by atoms with Gasteiger partial charge >= 0.3 is 6.09 Å². The van der Waals surface area contributed by atoms with Crippen molar-refractivity contribution in [2.45, 2.75) is 65.0 Å². The van der Waals surface area contributed by atoms with Gasteiger partial charge in [-0.1, -0.05) is 13.3 Å². The highest BCUT2D eigenvalue weighted by Crippen LogP contribution is 2.34. The molecule has 140 valence electrons. The fraction of sp³-hybridized carbons (Fsp3) is 0.882. The van der Waals surface area contributed by atoms with E-state index in [2.05, 4.69) is 29.5 Å². The quantitative estimate of drug-likeness (QED) is 0.370. The molecular formula is C17H33IN4O2. The van der Waals surface area contributed by atoms with Gasteiger partial charge in [-0.2, -0.15) is 0 Å². The van der Waals surface area contributed by atoms with Gasteiger partial charge in [0, 0.05) is 31.7 Å². The van der Waals surface area contributed by atoms with E-state index >= 15 is 0 Å². The molecule has 2 N–H and O–H groups in total. The Morgan fingerprint density at radius 3 is 2.50 bits per heavy atom. The molecule has 1 saturated carbocycles. The lowest BCUT2D eigenvalue weighted by molar-refractivity contribution is 0.0963. The van der Waals surface area contributed by atoms with E-state index in [9.17, 15) is 4.79 Å². The SMILES string of the molecule is CCCC1CC1NC(=NCC)NC1CCN(C(=O)OCC)CC1.I. The van der Waals surface area contributed by atoms with E-state index in [-0.39, 0.29) is 30.1 Å². The number of carbonyl (C=O) groups is 1. The summed E-state index contributed by atoms with van der Waals surface area (Å²) in [5, 5.41) is 7.10. The maximum atomic E-state index is 11.7. The summed E-state index contributed by atoms with van der Waals surface area (Å²) < 4.78 is 5.06. The molecule has 1 aliphatic carbocycles. The summed E-state index contributed by atoms with van der Waals surface area (Å²) >= 11 is 0. The molecule has 0 aromatic heterocycles. The number of halogens is 1. The molecule has 0 aromatic rings. The van der Waals surface area contributed by atoms with Crippen LogP contribution in [0.2, 0.25) is 0 Å². The molecule has 1 amide bonds. The summed E-state index contributed by atoms with van der Waals surface area (Å²) in [4.78, 5) is 18.1. The van der Waals surface area contributed by atoms with Crippen molar-refractivity contribution in [1.29, 1.82) is 0 Å². The monoisotopic (exact) mass is 452 g/mol. The Kier molecular flexibility index (Phi) is 9.76. The molecular weight excluding hydrogens is 419 g/mol. The lowest BCUT2D eigenvalue weighted by Gasteiger charge is -2.32. The molecule has 0 spiro atoms. The smallest absolute Gasteiger partial charge is 0.409 e. The van der Waals surface area contributed by atoms with Crippen LogP contribution >= 0.6 is 24.0 Å². The number of rotatable bonds is 6. The number of ether oxygens (including phenoxy) is 1. The van der Waals surface area contributed by atoms with Crippen molar-refractivity contribution in [1.82, 2.24) is 15.5 Å². The van der Waals surface area contributed by atoms with E-state index in [1.54, 1.807) is 4.90 Å². The van der Waals surface area contributed by atoms with Crippen LogP contribution < -0.4 is 10.6 Å². The summed E-state index contributed by atoms with van der Waals surface area (Å²) in [6.45, 7) is 8.86. The van der Waals surface area contributed by atoms with Crippen molar-refractivity contribution in [3.8, 4) is 0 Å². The Bertz CT molecular complexity index is 411. The third-order valence-electron chi connectivity index (χ3n) is 4.58. The third kappa shape index (κ3) is 6.64. The van der Waals surface area contributed by atoms with Crippen LogP contribution in [-0.2, 0) is 4.74 Å². The Morgan fingerprint density at radius 2 is 1.92 bits per heavy atom. The van der Waals surface area contributed by atoms with Crippen LogP contribution in [0.3, 0.4) is 0 Å². The third-order valence-corrected chi connectivity index (χ3v) is 4.58. The lowest BCUT2D eigenvalue weighted by Crippen LogP contribution is -2.50. The second-order valence-electron chi connectivity index (χ2n) is 6.46. The Labute approximate surface area is 163 Å². The molecule has 1 saturated heterocycles. The molecule has 7 heteroatoms. The molecule has 6 nitrogen and oxygen atoms in total. The molecule has 1 aliphatic heterocycles. The van der Waals surface area contributed by atoms with Crippen LogP contribution in [0.5, 0.6) is 0 Å². The largest absolute Gasteiger partial charge is 0.450 e. The van der Waals surface area contributed by atoms with E-state index < -0.39 is 0 Å². The number of hydrogen-bond donors (Lipinski definition) is 2. The van der Waals surface area contributed by atoms with Crippen LogP contribution in [0.4, 0.5) is 4.79 Å². The van der Waals surface area contributed by atoms with Gasteiger partial charge < -0.3 is 20.3 Å². The standard InChI is InChI=1S/C17H32N4O2.HI/c1-4-7-13-12-15(13)20-16(18-5-2)19-14-8-10-21(11-9-14)17(22)23-6-3;/h13-15H,4-12H2,1-3H3,(H2,18,19,20);1H. The van der Waals surface area contributed by atoms with Crippen molar-refractivity contribution in [2.24, 2.45) is 10.9 Å². The van der Waals surface area contributed by atoms with Gasteiger partial charge in [0.1, 0.15) is 0 Å². The molecule has 2 rings (SSSR count). The van der Waals surface area contributed by atoms with Crippen molar-refractivity contribution >= 4 is 36.0 Å².